The monoisotopic (exact) mass is 530 g/mol. The fourth-order valence-corrected chi connectivity index (χ4v) is 4.16. The third-order valence-corrected chi connectivity index (χ3v) is 6.21. The average Bonchev–Trinajstić information content (AvgIpc) is 3.13. The first-order valence-electron chi connectivity index (χ1n) is 10.9. The van der Waals surface area contributed by atoms with Crippen LogP contribution in [0.2, 0.25) is 0 Å². The van der Waals surface area contributed by atoms with Gasteiger partial charge in [-0.3, -0.25) is 14.9 Å². The third-order valence-electron chi connectivity index (χ3n) is 5.68. The molecular weight excluding hydrogens is 508 g/mol. The minimum absolute atomic E-state index is 0.0719. The van der Waals surface area contributed by atoms with Crippen molar-refractivity contribution >= 4 is 33.7 Å². The summed E-state index contributed by atoms with van der Waals surface area (Å²) in [7, 11) is 0. The summed E-state index contributed by atoms with van der Waals surface area (Å²) in [5.74, 6) is -0.181. The van der Waals surface area contributed by atoms with E-state index in [-0.39, 0.29) is 18.0 Å². The van der Waals surface area contributed by atoms with Gasteiger partial charge in [0.1, 0.15) is 0 Å². The molecule has 8 heteroatoms. The molecule has 3 aromatic carbocycles. The molecule has 1 N–H and O–H groups in total. The Labute approximate surface area is 211 Å². The summed E-state index contributed by atoms with van der Waals surface area (Å²) in [5.41, 5.74) is 9.40. The lowest BCUT2D eigenvalue weighted by Crippen LogP contribution is -2.19. The van der Waals surface area contributed by atoms with Crippen LogP contribution in [0.5, 0.6) is 0 Å². The van der Waals surface area contributed by atoms with Gasteiger partial charge in [-0.1, -0.05) is 40.2 Å². The Morgan fingerprint density at radius 1 is 1.00 bits per heavy atom. The largest absolute Gasteiger partial charge is 0.318 e. The van der Waals surface area contributed by atoms with Crippen LogP contribution >= 0.6 is 15.9 Å². The summed E-state index contributed by atoms with van der Waals surface area (Å²) < 4.78 is 3.08. The average molecular weight is 531 g/mol. The van der Waals surface area contributed by atoms with E-state index in [0.29, 0.717) is 0 Å². The Morgan fingerprint density at radius 3 is 2.20 bits per heavy atom. The lowest BCUT2D eigenvalue weighted by Gasteiger charge is -2.11. The molecule has 1 amide bonds. The maximum Gasteiger partial charge on any atom is 0.269 e. The van der Waals surface area contributed by atoms with Gasteiger partial charge in [-0.2, -0.15) is 5.10 Å². The van der Waals surface area contributed by atoms with Crippen molar-refractivity contribution in [1.82, 2.24) is 9.99 Å². The number of amides is 1. The van der Waals surface area contributed by atoms with Crippen molar-refractivity contribution in [2.75, 3.05) is 0 Å². The van der Waals surface area contributed by atoms with Gasteiger partial charge in [0.25, 0.3) is 5.69 Å². The Balaban J connectivity index is 1.45. The molecular formula is C27H23BrN4O3. The van der Waals surface area contributed by atoms with Crippen LogP contribution in [-0.2, 0) is 11.2 Å². The number of non-ortho nitro benzene ring substituents is 1. The number of hydrazone groups is 1. The zero-order valence-electron chi connectivity index (χ0n) is 19.2. The minimum Gasteiger partial charge on any atom is -0.318 e. The van der Waals surface area contributed by atoms with Gasteiger partial charge in [-0.15, -0.1) is 0 Å². The first-order chi connectivity index (χ1) is 16.8. The van der Waals surface area contributed by atoms with Crippen LogP contribution < -0.4 is 5.43 Å². The van der Waals surface area contributed by atoms with E-state index in [0.717, 1.165) is 43.8 Å². The lowest BCUT2D eigenvalue weighted by atomic mass is 10.0. The summed E-state index contributed by atoms with van der Waals surface area (Å²) in [4.78, 5) is 22.7. The van der Waals surface area contributed by atoms with Gasteiger partial charge in [0.05, 0.1) is 17.6 Å². The molecule has 0 unspecified atom stereocenters. The van der Waals surface area contributed by atoms with Crippen molar-refractivity contribution in [2.45, 2.75) is 20.3 Å². The number of nitro benzene ring substituents is 1. The number of hydrogen-bond acceptors (Lipinski definition) is 4. The van der Waals surface area contributed by atoms with Crippen LogP contribution in [0.3, 0.4) is 0 Å². The Hall–Kier alpha value is -4.04. The van der Waals surface area contributed by atoms with E-state index in [1.165, 1.54) is 12.1 Å². The Bertz CT molecular complexity index is 1390. The SMILES string of the molecule is Cc1cc(/C=N/NC(=O)Cc2ccc(Br)cc2)c(C)n1-c1ccc(-c2ccc([N+](=O)[O-])cc2)cc1. The van der Waals surface area contributed by atoms with Crippen LogP contribution in [0, 0.1) is 24.0 Å². The molecule has 1 heterocycles. The van der Waals surface area contributed by atoms with E-state index in [2.05, 4.69) is 31.0 Å². The number of halogens is 1. The zero-order valence-corrected chi connectivity index (χ0v) is 20.8. The van der Waals surface area contributed by atoms with Gasteiger partial charge in [-0.05, 0) is 73.0 Å². The van der Waals surface area contributed by atoms with Crippen LogP contribution in [-0.4, -0.2) is 21.6 Å². The number of aromatic nitrogens is 1. The fourth-order valence-electron chi connectivity index (χ4n) is 3.90. The number of carbonyl (C=O) groups excluding carboxylic acids is 1. The molecule has 7 nitrogen and oxygen atoms in total. The molecule has 0 atom stereocenters. The van der Waals surface area contributed by atoms with Crippen molar-refractivity contribution in [3.63, 3.8) is 0 Å². The Morgan fingerprint density at radius 2 is 1.60 bits per heavy atom. The van der Waals surface area contributed by atoms with E-state index in [4.69, 9.17) is 0 Å². The molecule has 0 bridgehead atoms. The molecule has 35 heavy (non-hydrogen) atoms. The first-order valence-corrected chi connectivity index (χ1v) is 11.7. The predicted octanol–water partition coefficient (Wildman–Crippen LogP) is 6.12. The molecule has 0 saturated carbocycles. The maximum atomic E-state index is 12.2. The quantitative estimate of drug-likeness (QED) is 0.177. The first kappa shape index (κ1) is 24.1. The molecule has 0 radical (unpaired) electrons. The highest BCUT2D eigenvalue weighted by Gasteiger charge is 2.11. The Kier molecular flexibility index (Phi) is 7.22. The van der Waals surface area contributed by atoms with Gasteiger partial charge in [-0.25, -0.2) is 5.43 Å². The molecule has 0 fully saturated rings. The van der Waals surface area contributed by atoms with Crippen LogP contribution in [0.1, 0.15) is 22.5 Å². The van der Waals surface area contributed by atoms with Crippen molar-refractivity contribution in [3.8, 4) is 16.8 Å². The fraction of sp³-hybridized carbons (Fsp3) is 0.111. The molecule has 0 aliphatic carbocycles. The molecule has 0 aliphatic rings. The number of aryl methyl sites for hydroxylation is 1. The summed E-state index contributed by atoms with van der Waals surface area (Å²) >= 11 is 3.39. The van der Waals surface area contributed by atoms with Crippen molar-refractivity contribution < 1.29 is 9.72 Å². The van der Waals surface area contributed by atoms with Gasteiger partial charge in [0.2, 0.25) is 5.91 Å². The summed E-state index contributed by atoms with van der Waals surface area (Å²) in [6.45, 7) is 4.02. The van der Waals surface area contributed by atoms with Crippen molar-refractivity contribution in [1.29, 1.82) is 0 Å². The predicted molar refractivity (Wildman–Crippen MR) is 141 cm³/mol. The second-order valence-electron chi connectivity index (χ2n) is 8.11. The highest BCUT2D eigenvalue weighted by atomic mass is 79.9. The zero-order chi connectivity index (χ0) is 24.9. The molecule has 4 rings (SSSR count). The number of nitrogens with zero attached hydrogens (tertiary/aromatic N) is 3. The van der Waals surface area contributed by atoms with Gasteiger partial charge in [0.15, 0.2) is 0 Å². The number of carbonyl (C=O) groups is 1. The van der Waals surface area contributed by atoms with E-state index < -0.39 is 4.92 Å². The standard InChI is InChI=1S/C27H23BrN4O3/c1-18-15-23(17-29-30-27(33)16-20-3-9-24(28)10-4-20)19(2)31(18)25-11-5-21(6-12-25)22-7-13-26(14-8-22)32(34)35/h3-15,17H,16H2,1-2H3,(H,30,33)/b29-17+. The van der Waals surface area contributed by atoms with Crippen LogP contribution in [0.15, 0.2) is 88.4 Å². The van der Waals surface area contributed by atoms with Crippen LogP contribution in [0.25, 0.3) is 16.8 Å². The second kappa shape index (κ2) is 10.5. The third kappa shape index (κ3) is 5.73. The number of nitro groups is 1. The summed E-state index contributed by atoms with van der Waals surface area (Å²) in [6.07, 6.45) is 1.91. The van der Waals surface area contributed by atoms with E-state index in [9.17, 15) is 14.9 Å². The molecule has 4 aromatic rings. The summed E-state index contributed by atoms with van der Waals surface area (Å²) in [6, 6.07) is 24.1. The topological polar surface area (TPSA) is 89.5 Å². The van der Waals surface area contributed by atoms with E-state index in [1.807, 2.05) is 68.4 Å². The molecule has 176 valence electrons. The molecule has 1 aromatic heterocycles. The maximum absolute atomic E-state index is 12.2. The highest BCUT2D eigenvalue weighted by Crippen LogP contribution is 2.25. The highest BCUT2D eigenvalue weighted by molar-refractivity contribution is 9.10. The lowest BCUT2D eigenvalue weighted by molar-refractivity contribution is -0.384. The van der Waals surface area contributed by atoms with Crippen LogP contribution in [0.4, 0.5) is 5.69 Å². The normalized spacial score (nSPS) is 11.1. The van der Waals surface area contributed by atoms with E-state index in [1.54, 1.807) is 18.3 Å². The van der Waals surface area contributed by atoms with Gasteiger partial charge >= 0.3 is 0 Å². The van der Waals surface area contributed by atoms with E-state index >= 15 is 0 Å². The van der Waals surface area contributed by atoms with Gasteiger partial charge < -0.3 is 4.57 Å². The number of hydrogen-bond donors (Lipinski definition) is 1. The number of rotatable bonds is 7. The smallest absolute Gasteiger partial charge is 0.269 e. The number of nitrogens with one attached hydrogen (secondary N) is 1. The van der Waals surface area contributed by atoms with Crippen molar-refractivity contribution in [3.05, 3.63) is 116 Å². The van der Waals surface area contributed by atoms with Crippen molar-refractivity contribution in [2.24, 2.45) is 5.10 Å². The molecule has 0 spiro atoms. The summed E-state index contributed by atoms with van der Waals surface area (Å²) in [5, 5.41) is 15.0. The minimum atomic E-state index is -0.403. The second-order valence-corrected chi connectivity index (χ2v) is 9.02. The molecule has 0 saturated heterocycles. The number of benzene rings is 3. The molecule has 0 aliphatic heterocycles. The van der Waals surface area contributed by atoms with Gasteiger partial charge in [0, 0.05) is 39.2 Å².